The van der Waals surface area contributed by atoms with Crippen molar-refractivity contribution in [1.29, 1.82) is 0 Å². The minimum absolute atomic E-state index is 0. The van der Waals surface area contributed by atoms with E-state index in [2.05, 4.69) is 15.6 Å². The van der Waals surface area contributed by atoms with Gasteiger partial charge in [0.15, 0.2) is 29.2 Å². The third kappa shape index (κ3) is 6.89. The largest absolute Gasteiger partial charge is 0.444 e. The van der Waals surface area contributed by atoms with E-state index in [1.54, 1.807) is 25.7 Å². The van der Waals surface area contributed by atoms with Crippen molar-refractivity contribution in [3.63, 3.8) is 0 Å². The number of carbonyl (C=O) groups is 1. The van der Waals surface area contributed by atoms with E-state index in [0.29, 0.717) is 19.5 Å². The fourth-order valence-corrected chi connectivity index (χ4v) is 2.82. The van der Waals surface area contributed by atoms with Crippen LogP contribution in [0.3, 0.4) is 0 Å². The van der Waals surface area contributed by atoms with Gasteiger partial charge in [-0.2, -0.15) is 0 Å². The number of hydrogen-bond acceptors (Lipinski definition) is 3. The standard InChI is InChI=1S/C18H24F4N4O2.HI/c1-18(2,3)28-17(27)25-10-5-6-26(9-10)16(23-4)24-8-11-14(21)12(19)7-13(20)15(11)22;/h7,10H,5-6,8-9H2,1-4H3,(H,23,24)(H,25,27);1H/t10-;/m1./s1. The van der Waals surface area contributed by atoms with Gasteiger partial charge >= 0.3 is 6.09 Å². The highest BCUT2D eigenvalue weighted by Gasteiger charge is 2.28. The van der Waals surface area contributed by atoms with Crippen LogP contribution in [0.5, 0.6) is 0 Å². The molecule has 6 nitrogen and oxygen atoms in total. The van der Waals surface area contributed by atoms with Crippen molar-refractivity contribution in [3.8, 4) is 0 Å². The van der Waals surface area contributed by atoms with Crippen LogP contribution in [-0.2, 0) is 11.3 Å². The van der Waals surface area contributed by atoms with Gasteiger partial charge in [-0.3, -0.25) is 4.99 Å². The van der Waals surface area contributed by atoms with Gasteiger partial charge in [-0.25, -0.2) is 22.4 Å². The van der Waals surface area contributed by atoms with E-state index in [9.17, 15) is 22.4 Å². The monoisotopic (exact) mass is 532 g/mol. The zero-order chi connectivity index (χ0) is 21.1. The lowest BCUT2D eigenvalue weighted by molar-refractivity contribution is 0.0507. The summed E-state index contributed by atoms with van der Waals surface area (Å²) < 4.78 is 59.4. The molecule has 0 aromatic heterocycles. The zero-order valence-corrected chi connectivity index (χ0v) is 18.9. The first-order chi connectivity index (χ1) is 13.0. The molecule has 1 saturated heterocycles. The van der Waals surface area contributed by atoms with Crippen molar-refractivity contribution in [2.75, 3.05) is 20.1 Å². The van der Waals surface area contributed by atoms with Gasteiger partial charge in [-0.1, -0.05) is 0 Å². The molecule has 0 saturated carbocycles. The smallest absolute Gasteiger partial charge is 0.407 e. The molecular weight excluding hydrogens is 507 g/mol. The summed E-state index contributed by atoms with van der Waals surface area (Å²) in [5, 5.41) is 5.44. The average Bonchev–Trinajstić information content (AvgIpc) is 3.02. The minimum Gasteiger partial charge on any atom is -0.444 e. The Balaban J connectivity index is 0.00000420. The number of halogens is 5. The van der Waals surface area contributed by atoms with Gasteiger partial charge in [0.05, 0.1) is 6.04 Å². The van der Waals surface area contributed by atoms with E-state index in [1.165, 1.54) is 7.05 Å². The number of hydrogen-bond donors (Lipinski definition) is 2. The van der Waals surface area contributed by atoms with Gasteiger partial charge in [-0.05, 0) is 27.2 Å². The molecule has 164 valence electrons. The molecule has 1 aromatic carbocycles. The van der Waals surface area contributed by atoms with Crippen molar-refractivity contribution in [3.05, 3.63) is 34.9 Å². The highest BCUT2D eigenvalue weighted by molar-refractivity contribution is 14.0. The molecule has 11 heteroatoms. The van der Waals surface area contributed by atoms with Crippen molar-refractivity contribution in [2.24, 2.45) is 4.99 Å². The van der Waals surface area contributed by atoms with Gasteiger partial charge < -0.3 is 20.3 Å². The molecule has 1 aromatic rings. The maximum absolute atomic E-state index is 13.8. The number of nitrogens with one attached hydrogen (secondary N) is 2. The van der Waals surface area contributed by atoms with E-state index in [-0.39, 0.29) is 42.0 Å². The third-order valence-corrected chi connectivity index (χ3v) is 4.05. The summed E-state index contributed by atoms with van der Waals surface area (Å²) in [6, 6.07) is -0.0374. The molecule has 29 heavy (non-hydrogen) atoms. The van der Waals surface area contributed by atoms with Gasteiger partial charge in [-0.15, -0.1) is 24.0 Å². The predicted octanol–water partition coefficient (Wildman–Crippen LogP) is 3.54. The maximum atomic E-state index is 13.8. The Hall–Kier alpha value is -1.79. The number of benzene rings is 1. The Morgan fingerprint density at radius 1 is 1.24 bits per heavy atom. The number of nitrogens with zero attached hydrogens (tertiary/aromatic N) is 2. The Labute approximate surface area is 184 Å². The summed E-state index contributed by atoms with van der Waals surface area (Å²) in [6.07, 6.45) is 0.0683. The van der Waals surface area contributed by atoms with Crippen LogP contribution in [0.25, 0.3) is 0 Å². The maximum Gasteiger partial charge on any atom is 0.407 e. The molecular formula is C18H25F4IN4O2. The normalized spacial score (nSPS) is 17.0. The Bertz CT molecular complexity index is 745. The highest BCUT2D eigenvalue weighted by Crippen LogP contribution is 2.19. The number of likely N-dealkylation sites (tertiary alicyclic amines) is 1. The average molecular weight is 532 g/mol. The lowest BCUT2D eigenvalue weighted by atomic mass is 10.2. The molecule has 0 aliphatic carbocycles. The molecule has 1 atom stereocenters. The van der Waals surface area contributed by atoms with Crippen LogP contribution >= 0.6 is 24.0 Å². The fraction of sp³-hybridized carbons (Fsp3) is 0.556. The number of guanidine groups is 1. The molecule has 1 heterocycles. The van der Waals surface area contributed by atoms with E-state index >= 15 is 0 Å². The molecule has 0 radical (unpaired) electrons. The van der Waals surface area contributed by atoms with E-state index in [4.69, 9.17) is 4.74 Å². The van der Waals surface area contributed by atoms with Crippen LogP contribution in [-0.4, -0.2) is 48.7 Å². The zero-order valence-electron chi connectivity index (χ0n) is 16.6. The quantitative estimate of drug-likeness (QED) is 0.206. The lowest BCUT2D eigenvalue weighted by Crippen LogP contribution is -2.44. The van der Waals surface area contributed by atoms with Gasteiger partial charge in [0, 0.05) is 38.3 Å². The second-order valence-electron chi connectivity index (χ2n) is 7.43. The summed E-state index contributed by atoms with van der Waals surface area (Å²) in [5.74, 6) is -5.54. The van der Waals surface area contributed by atoms with Crippen LogP contribution < -0.4 is 10.6 Å². The number of rotatable bonds is 3. The van der Waals surface area contributed by atoms with Crippen LogP contribution in [0, 0.1) is 23.3 Å². The van der Waals surface area contributed by atoms with Crippen LogP contribution in [0.15, 0.2) is 11.1 Å². The molecule has 0 bridgehead atoms. The Kier molecular flexibility index (Phi) is 8.97. The Morgan fingerprint density at radius 3 is 2.34 bits per heavy atom. The first-order valence-electron chi connectivity index (χ1n) is 8.78. The topological polar surface area (TPSA) is 66.0 Å². The summed E-state index contributed by atoms with van der Waals surface area (Å²) in [4.78, 5) is 17.6. The predicted molar refractivity (Wildman–Crippen MR) is 111 cm³/mol. The minimum atomic E-state index is -1.46. The molecule has 0 unspecified atom stereocenters. The molecule has 2 rings (SSSR count). The fourth-order valence-electron chi connectivity index (χ4n) is 2.82. The third-order valence-electron chi connectivity index (χ3n) is 4.05. The van der Waals surface area contributed by atoms with Crippen molar-refractivity contribution in [2.45, 2.75) is 45.4 Å². The van der Waals surface area contributed by atoms with Crippen molar-refractivity contribution < 1.29 is 27.1 Å². The molecule has 2 N–H and O–H groups in total. The van der Waals surface area contributed by atoms with Crippen LogP contribution in [0.1, 0.15) is 32.8 Å². The Morgan fingerprint density at radius 2 is 1.83 bits per heavy atom. The number of alkyl carbamates (subject to hydrolysis) is 1. The lowest BCUT2D eigenvalue weighted by Gasteiger charge is -2.23. The number of amides is 1. The molecule has 0 spiro atoms. The summed E-state index contributed by atoms with van der Waals surface area (Å²) in [5.41, 5.74) is -1.37. The summed E-state index contributed by atoms with van der Waals surface area (Å²) in [6.45, 7) is 5.69. The number of ether oxygens (including phenoxy) is 1. The number of carbonyl (C=O) groups excluding carboxylic acids is 1. The second-order valence-corrected chi connectivity index (χ2v) is 7.43. The molecule has 1 fully saturated rings. The summed E-state index contributed by atoms with van der Waals surface area (Å²) >= 11 is 0. The summed E-state index contributed by atoms with van der Waals surface area (Å²) in [7, 11) is 1.47. The molecule has 1 amide bonds. The van der Waals surface area contributed by atoms with Crippen molar-refractivity contribution >= 4 is 36.0 Å². The van der Waals surface area contributed by atoms with Crippen molar-refractivity contribution in [1.82, 2.24) is 15.5 Å². The molecule has 1 aliphatic rings. The van der Waals surface area contributed by atoms with Gasteiger partial charge in [0.2, 0.25) is 0 Å². The van der Waals surface area contributed by atoms with Crippen LogP contribution in [0.2, 0.25) is 0 Å². The van der Waals surface area contributed by atoms with Gasteiger partial charge in [0.25, 0.3) is 0 Å². The van der Waals surface area contributed by atoms with E-state index < -0.39 is 47.1 Å². The van der Waals surface area contributed by atoms with Gasteiger partial charge in [0.1, 0.15) is 5.60 Å². The number of aliphatic imine (C=N–C) groups is 1. The SMILES string of the molecule is CN=C(NCc1c(F)c(F)cc(F)c1F)N1CC[C@@H](NC(=O)OC(C)(C)C)C1.I. The first kappa shape index (κ1) is 25.2. The van der Waals surface area contributed by atoms with E-state index in [1.807, 2.05) is 0 Å². The van der Waals surface area contributed by atoms with E-state index in [0.717, 1.165) is 0 Å². The second kappa shape index (κ2) is 10.3. The van der Waals surface area contributed by atoms with Crippen LogP contribution in [0.4, 0.5) is 22.4 Å². The molecule has 1 aliphatic heterocycles. The highest BCUT2D eigenvalue weighted by atomic mass is 127. The first-order valence-corrected chi connectivity index (χ1v) is 8.78.